The molecule has 5 nitrogen and oxygen atoms in total. The Balaban J connectivity index is 1.88. The highest BCUT2D eigenvalue weighted by Gasteiger charge is 2.13. The number of carbonyl (C=O) groups excluding carboxylic acids is 1. The lowest BCUT2D eigenvalue weighted by atomic mass is 10.2. The van der Waals surface area contributed by atoms with Crippen LogP contribution in [-0.2, 0) is 7.05 Å². The fourth-order valence-corrected chi connectivity index (χ4v) is 2.64. The summed E-state index contributed by atoms with van der Waals surface area (Å²) < 4.78 is 2.66. The van der Waals surface area contributed by atoms with Crippen molar-refractivity contribution in [2.24, 2.45) is 7.05 Å². The number of nitrogens with two attached hydrogens (primary N) is 1. The van der Waals surface area contributed by atoms with Crippen LogP contribution in [0.2, 0.25) is 0 Å². The maximum atomic E-state index is 12.1. The molecular weight excluding hydrogens is 260 g/mol. The molecule has 0 bridgehead atoms. The molecule has 0 spiro atoms. The highest BCUT2D eigenvalue weighted by molar-refractivity contribution is 7.17. The molecular formula is C13H12N4OS. The van der Waals surface area contributed by atoms with Crippen LogP contribution in [0, 0.1) is 0 Å². The molecule has 0 aliphatic rings. The van der Waals surface area contributed by atoms with Crippen molar-refractivity contribution in [1.29, 1.82) is 0 Å². The van der Waals surface area contributed by atoms with Gasteiger partial charge in [0.15, 0.2) is 0 Å². The molecule has 3 aromatic rings. The van der Waals surface area contributed by atoms with Gasteiger partial charge in [-0.2, -0.15) is 5.10 Å². The quantitative estimate of drug-likeness (QED) is 0.752. The third-order valence-corrected chi connectivity index (χ3v) is 3.84. The van der Waals surface area contributed by atoms with Crippen LogP contribution in [-0.4, -0.2) is 15.7 Å². The van der Waals surface area contributed by atoms with Gasteiger partial charge in [0.05, 0.1) is 6.20 Å². The van der Waals surface area contributed by atoms with Crippen molar-refractivity contribution in [1.82, 2.24) is 9.78 Å². The van der Waals surface area contributed by atoms with Crippen LogP contribution in [0.25, 0.3) is 10.1 Å². The lowest BCUT2D eigenvalue weighted by Gasteiger charge is -2.04. The first-order chi connectivity index (χ1) is 9.15. The SMILES string of the molecule is Cn1ncc(C(=O)Nc2ccc3sccc3c2)c1N. The molecule has 0 radical (unpaired) electrons. The van der Waals surface area contributed by atoms with Crippen LogP contribution < -0.4 is 11.1 Å². The number of thiophene rings is 1. The van der Waals surface area contributed by atoms with Crippen LogP contribution >= 0.6 is 11.3 Å². The van der Waals surface area contributed by atoms with E-state index in [1.165, 1.54) is 15.6 Å². The first-order valence-electron chi connectivity index (χ1n) is 5.71. The molecule has 0 saturated carbocycles. The van der Waals surface area contributed by atoms with E-state index >= 15 is 0 Å². The van der Waals surface area contributed by atoms with E-state index in [0.717, 1.165) is 11.1 Å². The maximum absolute atomic E-state index is 12.1. The van der Waals surface area contributed by atoms with E-state index in [-0.39, 0.29) is 5.91 Å². The minimum Gasteiger partial charge on any atom is -0.383 e. The molecule has 2 heterocycles. The zero-order valence-corrected chi connectivity index (χ0v) is 11.1. The normalized spacial score (nSPS) is 10.8. The molecule has 0 aliphatic heterocycles. The second-order valence-corrected chi connectivity index (χ2v) is 5.14. The molecule has 1 aromatic carbocycles. The predicted molar refractivity (Wildman–Crippen MR) is 77.4 cm³/mol. The van der Waals surface area contributed by atoms with Crippen LogP contribution in [0.4, 0.5) is 11.5 Å². The molecule has 2 aromatic heterocycles. The van der Waals surface area contributed by atoms with Gasteiger partial charge in [0.25, 0.3) is 5.91 Å². The Morgan fingerprint density at radius 2 is 2.26 bits per heavy atom. The smallest absolute Gasteiger partial charge is 0.261 e. The van der Waals surface area contributed by atoms with E-state index in [0.29, 0.717) is 11.4 Å². The van der Waals surface area contributed by atoms with Crippen molar-refractivity contribution in [3.05, 3.63) is 41.4 Å². The van der Waals surface area contributed by atoms with Crippen LogP contribution in [0.5, 0.6) is 0 Å². The van der Waals surface area contributed by atoms with E-state index in [9.17, 15) is 4.79 Å². The van der Waals surface area contributed by atoms with Crippen molar-refractivity contribution in [2.45, 2.75) is 0 Å². The Morgan fingerprint density at radius 3 is 3.00 bits per heavy atom. The van der Waals surface area contributed by atoms with Gasteiger partial charge in [0.2, 0.25) is 0 Å². The lowest BCUT2D eigenvalue weighted by Crippen LogP contribution is -2.13. The number of aromatic nitrogens is 2. The largest absolute Gasteiger partial charge is 0.383 e. The summed E-state index contributed by atoms with van der Waals surface area (Å²) in [5.74, 6) is 0.106. The van der Waals surface area contributed by atoms with E-state index < -0.39 is 0 Å². The molecule has 0 fully saturated rings. The maximum Gasteiger partial charge on any atom is 0.261 e. The predicted octanol–water partition coefficient (Wildman–Crippen LogP) is 2.47. The second kappa shape index (κ2) is 4.40. The molecule has 6 heteroatoms. The van der Waals surface area contributed by atoms with Gasteiger partial charge in [-0.15, -0.1) is 11.3 Å². The van der Waals surface area contributed by atoms with E-state index in [4.69, 9.17) is 5.73 Å². The number of nitrogen functional groups attached to an aromatic ring is 1. The number of rotatable bonds is 2. The van der Waals surface area contributed by atoms with Crippen molar-refractivity contribution in [3.8, 4) is 0 Å². The highest BCUT2D eigenvalue weighted by Crippen LogP contribution is 2.24. The first-order valence-corrected chi connectivity index (χ1v) is 6.59. The molecule has 19 heavy (non-hydrogen) atoms. The molecule has 0 atom stereocenters. The standard InChI is InChI=1S/C13H12N4OS/c1-17-12(14)10(7-15-17)13(18)16-9-2-3-11-8(6-9)4-5-19-11/h2-7H,14H2,1H3,(H,16,18). The topological polar surface area (TPSA) is 72.9 Å². The van der Waals surface area contributed by atoms with Crippen molar-refractivity contribution < 1.29 is 4.79 Å². The first kappa shape index (κ1) is 11.7. The van der Waals surface area contributed by atoms with Gasteiger partial charge >= 0.3 is 0 Å². The van der Waals surface area contributed by atoms with Gasteiger partial charge in [-0.05, 0) is 35.0 Å². The number of anilines is 2. The number of aryl methyl sites for hydroxylation is 1. The highest BCUT2D eigenvalue weighted by atomic mass is 32.1. The van der Waals surface area contributed by atoms with Crippen molar-refractivity contribution in [2.75, 3.05) is 11.1 Å². The van der Waals surface area contributed by atoms with Crippen LogP contribution in [0.1, 0.15) is 10.4 Å². The van der Waals surface area contributed by atoms with E-state index in [1.807, 2.05) is 29.6 Å². The van der Waals surface area contributed by atoms with Crippen LogP contribution in [0.15, 0.2) is 35.8 Å². The number of fused-ring (bicyclic) bond motifs is 1. The van der Waals surface area contributed by atoms with Gasteiger partial charge in [-0.1, -0.05) is 0 Å². The average Bonchev–Trinajstić information content (AvgIpc) is 2.97. The molecule has 0 aliphatic carbocycles. The van der Waals surface area contributed by atoms with Gasteiger partial charge in [0, 0.05) is 17.4 Å². The minimum atomic E-state index is -0.250. The number of amides is 1. The summed E-state index contributed by atoms with van der Waals surface area (Å²) in [5, 5.41) is 9.92. The summed E-state index contributed by atoms with van der Waals surface area (Å²) in [5.41, 5.74) is 6.90. The number of carbonyl (C=O) groups is 1. The monoisotopic (exact) mass is 272 g/mol. The number of nitrogens with zero attached hydrogens (tertiary/aromatic N) is 2. The Kier molecular flexibility index (Phi) is 2.72. The number of hydrogen-bond donors (Lipinski definition) is 2. The van der Waals surface area contributed by atoms with Crippen molar-refractivity contribution in [3.63, 3.8) is 0 Å². The number of nitrogens with one attached hydrogen (secondary N) is 1. The number of benzene rings is 1. The summed E-state index contributed by atoms with van der Waals surface area (Å²) in [6.07, 6.45) is 1.47. The van der Waals surface area contributed by atoms with Gasteiger partial charge in [-0.25, -0.2) is 0 Å². The second-order valence-electron chi connectivity index (χ2n) is 4.19. The third kappa shape index (κ3) is 2.06. The zero-order valence-electron chi connectivity index (χ0n) is 10.3. The molecule has 0 saturated heterocycles. The fraction of sp³-hybridized carbons (Fsp3) is 0.0769. The zero-order chi connectivity index (χ0) is 13.4. The van der Waals surface area contributed by atoms with Gasteiger partial charge in [0.1, 0.15) is 11.4 Å². The van der Waals surface area contributed by atoms with Gasteiger partial charge in [-0.3, -0.25) is 9.48 Å². The molecule has 3 rings (SSSR count). The van der Waals surface area contributed by atoms with Crippen molar-refractivity contribution >= 4 is 38.8 Å². The summed E-state index contributed by atoms with van der Waals surface area (Å²) in [6.45, 7) is 0. The van der Waals surface area contributed by atoms with Gasteiger partial charge < -0.3 is 11.1 Å². The average molecular weight is 272 g/mol. The Hall–Kier alpha value is -2.34. The lowest BCUT2D eigenvalue weighted by molar-refractivity contribution is 0.102. The Bertz CT molecular complexity index is 759. The third-order valence-electron chi connectivity index (χ3n) is 2.94. The van der Waals surface area contributed by atoms with E-state index in [1.54, 1.807) is 18.4 Å². The summed E-state index contributed by atoms with van der Waals surface area (Å²) in [7, 11) is 1.70. The Labute approximate surface area is 113 Å². The summed E-state index contributed by atoms with van der Waals surface area (Å²) in [6, 6.07) is 7.83. The fourth-order valence-electron chi connectivity index (χ4n) is 1.86. The minimum absolute atomic E-state index is 0.250. The number of hydrogen-bond acceptors (Lipinski definition) is 4. The summed E-state index contributed by atoms with van der Waals surface area (Å²) in [4.78, 5) is 12.1. The summed E-state index contributed by atoms with van der Waals surface area (Å²) >= 11 is 1.67. The Morgan fingerprint density at radius 1 is 1.42 bits per heavy atom. The molecule has 0 unspecified atom stereocenters. The van der Waals surface area contributed by atoms with E-state index in [2.05, 4.69) is 10.4 Å². The molecule has 1 amide bonds. The molecule has 3 N–H and O–H groups in total. The molecule has 96 valence electrons. The van der Waals surface area contributed by atoms with Crippen LogP contribution in [0.3, 0.4) is 0 Å².